The highest BCUT2D eigenvalue weighted by molar-refractivity contribution is 6.31. The van der Waals surface area contributed by atoms with Crippen LogP contribution in [-0.4, -0.2) is 9.78 Å². The molecule has 0 saturated carbocycles. The summed E-state index contributed by atoms with van der Waals surface area (Å²) in [6.45, 7) is 0.297. The van der Waals surface area contributed by atoms with Crippen molar-refractivity contribution in [2.24, 2.45) is 7.05 Å². The molecule has 0 amide bonds. The number of nitrogens with zero attached hydrogens (tertiary/aromatic N) is 2. The van der Waals surface area contributed by atoms with Crippen LogP contribution in [0.5, 0.6) is 5.75 Å². The van der Waals surface area contributed by atoms with E-state index < -0.39 is 0 Å². The number of rotatable bonds is 3. The van der Waals surface area contributed by atoms with Gasteiger partial charge in [0.2, 0.25) is 0 Å². The van der Waals surface area contributed by atoms with Crippen LogP contribution in [0.15, 0.2) is 35.3 Å². The van der Waals surface area contributed by atoms with E-state index in [4.69, 9.17) is 27.9 Å². The Hall–Kier alpha value is -1.52. The highest BCUT2D eigenvalue weighted by atomic mass is 35.5. The Morgan fingerprint density at radius 1 is 1.28 bits per heavy atom. The van der Waals surface area contributed by atoms with Gasteiger partial charge in [0.05, 0.1) is 6.20 Å². The number of hydrogen-bond acceptors (Lipinski definition) is 3. The van der Waals surface area contributed by atoms with Crippen molar-refractivity contribution in [3.63, 3.8) is 0 Å². The summed E-state index contributed by atoms with van der Waals surface area (Å²) in [5, 5.41) is 4.53. The van der Waals surface area contributed by atoms with E-state index in [1.807, 2.05) is 12.1 Å². The zero-order valence-corrected chi connectivity index (χ0v) is 11.1. The lowest BCUT2D eigenvalue weighted by Crippen LogP contribution is -2.20. The molecule has 6 heteroatoms. The summed E-state index contributed by atoms with van der Waals surface area (Å²) in [6, 6.07) is 7.21. The fourth-order valence-electron chi connectivity index (χ4n) is 1.34. The summed E-state index contributed by atoms with van der Waals surface area (Å²) >= 11 is 11.6. The summed E-state index contributed by atoms with van der Waals surface area (Å²) < 4.78 is 6.60. The Bertz CT molecular complexity index is 608. The monoisotopic (exact) mass is 284 g/mol. The second kappa shape index (κ2) is 5.42. The van der Waals surface area contributed by atoms with E-state index in [-0.39, 0.29) is 16.3 Å². The molecule has 18 heavy (non-hydrogen) atoms. The van der Waals surface area contributed by atoms with Crippen molar-refractivity contribution in [3.05, 3.63) is 56.4 Å². The Labute approximate surface area is 114 Å². The van der Waals surface area contributed by atoms with Crippen LogP contribution >= 0.6 is 23.2 Å². The highest BCUT2D eigenvalue weighted by Crippen LogP contribution is 2.19. The molecule has 94 valence electrons. The van der Waals surface area contributed by atoms with Gasteiger partial charge >= 0.3 is 0 Å². The van der Waals surface area contributed by atoms with Crippen LogP contribution in [0.2, 0.25) is 10.0 Å². The zero-order valence-electron chi connectivity index (χ0n) is 9.56. The van der Waals surface area contributed by atoms with Crippen LogP contribution in [0.1, 0.15) is 5.56 Å². The molecule has 0 spiro atoms. The molecular weight excluding hydrogens is 275 g/mol. The molecule has 1 aromatic carbocycles. The number of halogens is 2. The van der Waals surface area contributed by atoms with Crippen LogP contribution in [0.3, 0.4) is 0 Å². The van der Waals surface area contributed by atoms with Crippen LogP contribution in [0.4, 0.5) is 0 Å². The van der Waals surface area contributed by atoms with E-state index in [0.29, 0.717) is 11.6 Å². The lowest BCUT2D eigenvalue weighted by Gasteiger charge is -2.08. The summed E-state index contributed by atoms with van der Waals surface area (Å²) in [4.78, 5) is 11.5. The van der Waals surface area contributed by atoms with Crippen molar-refractivity contribution < 1.29 is 4.74 Å². The maximum Gasteiger partial charge on any atom is 0.289 e. The van der Waals surface area contributed by atoms with E-state index >= 15 is 0 Å². The summed E-state index contributed by atoms with van der Waals surface area (Å²) in [6.07, 6.45) is 1.42. The summed E-state index contributed by atoms with van der Waals surface area (Å²) in [5.74, 6) is 0.273. The SMILES string of the molecule is Cn1ncc(OCc2ccc(Cl)cc2)c(Cl)c1=O. The Kier molecular flexibility index (Phi) is 3.89. The molecule has 1 aromatic heterocycles. The van der Waals surface area contributed by atoms with Crippen molar-refractivity contribution in [2.75, 3.05) is 0 Å². The topological polar surface area (TPSA) is 44.1 Å². The molecule has 0 N–H and O–H groups in total. The minimum atomic E-state index is -0.384. The van der Waals surface area contributed by atoms with Gasteiger partial charge in [-0.05, 0) is 17.7 Å². The minimum absolute atomic E-state index is 0.0291. The van der Waals surface area contributed by atoms with Crippen molar-refractivity contribution in [1.29, 1.82) is 0 Å². The molecule has 2 rings (SSSR count). The van der Waals surface area contributed by atoms with Crippen molar-refractivity contribution in [3.8, 4) is 5.75 Å². The number of aromatic nitrogens is 2. The molecule has 0 bridgehead atoms. The first-order chi connectivity index (χ1) is 8.58. The second-order valence-electron chi connectivity index (χ2n) is 3.67. The molecule has 4 nitrogen and oxygen atoms in total. The van der Waals surface area contributed by atoms with E-state index in [1.54, 1.807) is 12.1 Å². The van der Waals surface area contributed by atoms with Gasteiger partial charge in [0.1, 0.15) is 6.61 Å². The van der Waals surface area contributed by atoms with Crippen molar-refractivity contribution in [1.82, 2.24) is 9.78 Å². The van der Waals surface area contributed by atoms with Crippen molar-refractivity contribution in [2.45, 2.75) is 6.61 Å². The molecule has 0 aliphatic carbocycles. The summed E-state index contributed by atoms with van der Waals surface area (Å²) in [5.41, 5.74) is 0.543. The standard InChI is InChI=1S/C12H10Cl2N2O2/c1-16-12(17)11(14)10(6-15-16)18-7-8-2-4-9(13)5-3-8/h2-6H,7H2,1H3. The van der Waals surface area contributed by atoms with Gasteiger partial charge in [0, 0.05) is 12.1 Å². The first kappa shape index (κ1) is 12.9. The fraction of sp³-hybridized carbons (Fsp3) is 0.167. The van der Waals surface area contributed by atoms with E-state index in [9.17, 15) is 4.79 Å². The molecule has 0 fully saturated rings. The maximum absolute atomic E-state index is 11.5. The van der Waals surface area contributed by atoms with Crippen LogP contribution in [0, 0.1) is 0 Å². The lowest BCUT2D eigenvalue weighted by molar-refractivity contribution is 0.303. The Morgan fingerprint density at radius 3 is 2.61 bits per heavy atom. The van der Waals surface area contributed by atoms with Gasteiger partial charge in [0.25, 0.3) is 5.56 Å². The first-order valence-corrected chi connectivity index (χ1v) is 5.92. The Balaban J connectivity index is 2.13. The molecule has 0 atom stereocenters. The van der Waals surface area contributed by atoms with E-state index in [2.05, 4.69) is 5.10 Å². The van der Waals surface area contributed by atoms with Crippen LogP contribution < -0.4 is 10.3 Å². The van der Waals surface area contributed by atoms with Gasteiger partial charge in [-0.3, -0.25) is 4.79 Å². The quantitative estimate of drug-likeness (QED) is 0.870. The van der Waals surface area contributed by atoms with Gasteiger partial charge in [0.15, 0.2) is 10.8 Å². The lowest BCUT2D eigenvalue weighted by atomic mass is 10.2. The van der Waals surface area contributed by atoms with Gasteiger partial charge < -0.3 is 4.74 Å². The maximum atomic E-state index is 11.5. The molecular formula is C12H10Cl2N2O2. The molecule has 0 radical (unpaired) electrons. The third-order valence-electron chi connectivity index (χ3n) is 2.35. The Morgan fingerprint density at radius 2 is 1.94 bits per heavy atom. The number of hydrogen-bond donors (Lipinski definition) is 0. The molecule has 0 unspecified atom stereocenters. The van der Waals surface area contributed by atoms with Gasteiger partial charge in [-0.25, -0.2) is 4.68 Å². The third-order valence-corrected chi connectivity index (χ3v) is 2.95. The van der Waals surface area contributed by atoms with Gasteiger partial charge in [-0.2, -0.15) is 5.10 Å². The third kappa shape index (κ3) is 2.83. The summed E-state index contributed by atoms with van der Waals surface area (Å²) in [7, 11) is 1.52. The molecule has 1 heterocycles. The van der Waals surface area contributed by atoms with Crippen LogP contribution in [-0.2, 0) is 13.7 Å². The minimum Gasteiger partial charge on any atom is -0.485 e. The predicted molar refractivity (Wildman–Crippen MR) is 70.3 cm³/mol. The van der Waals surface area contributed by atoms with Crippen molar-refractivity contribution >= 4 is 23.2 Å². The average molecular weight is 285 g/mol. The molecule has 0 aliphatic rings. The molecule has 0 aliphatic heterocycles. The number of aryl methyl sites for hydroxylation is 1. The normalized spacial score (nSPS) is 10.4. The number of benzene rings is 1. The second-order valence-corrected chi connectivity index (χ2v) is 4.48. The largest absolute Gasteiger partial charge is 0.485 e. The van der Waals surface area contributed by atoms with Gasteiger partial charge in [-0.1, -0.05) is 35.3 Å². The zero-order chi connectivity index (χ0) is 13.1. The average Bonchev–Trinajstić information content (AvgIpc) is 2.37. The highest BCUT2D eigenvalue weighted by Gasteiger charge is 2.08. The van der Waals surface area contributed by atoms with Crippen LogP contribution in [0.25, 0.3) is 0 Å². The number of ether oxygens (including phenoxy) is 1. The van der Waals surface area contributed by atoms with E-state index in [1.165, 1.54) is 13.2 Å². The molecule has 2 aromatic rings. The fourth-order valence-corrected chi connectivity index (χ4v) is 1.69. The predicted octanol–water partition coefficient (Wildman–Crippen LogP) is 2.67. The molecule has 0 saturated heterocycles. The van der Waals surface area contributed by atoms with E-state index in [0.717, 1.165) is 10.2 Å². The van der Waals surface area contributed by atoms with Gasteiger partial charge in [-0.15, -0.1) is 0 Å². The smallest absolute Gasteiger partial charge is 0.289 e. The first-order valence-electron chi connectivity index (χ1n) is 5.17.